The molecule has 3 rings (SSSR count). The number of ether oxygens (including phenoxy) is 1. The van der Waals surface area contributed by atoms with E-state index in [9.17, 15) is 14.4 Å². The molecule has 3 aromatic carbocycles. The van der Waals surface area contributed by atoms with E-state index >= 15 is 0 Å². The summed E-state index contributed by atoms with van der Waals surface area (Å²) in [6.07, 6.45) is 1.71. The largest absolute Gasteiger partial charge is 0.482 e. The molecule has 0 aromatic heterocycles. The maximum atomic E-state index is 13.6. The van der Waals surface area contributed by atoms with Crippen LogP contribution in [0.3, 0.4) is 0 Å². The van der Waals surface area contributed by atoms with Crippen molar-refractivity contribution >= 4 is 50.8 Å². The van der Waals surface area contributed by atoms with E-state index in [1.54, 1.807) is 30.3 Å². The third kappa shape index (κ3) is 5.69. The molecule has 0 atom stereocenters. The summed E-state index contributed by atoms with van der Waals surface area (Å²) in [5, 5.41) is 12.2. The van der Waals surface area contributed by atoms with Crippen LogP contribution in [0.25, 0.3) is 11.6 Å². The van der Waals surface area contributed by atoms with E-state index in [0.29, 0.717) is 16.9 Å². The third-order valence-corrected chi connectivity index (χ3v) is 4.87. The second-order valence-corrected chi connectivity index (χ2v) is 7.51. The summed E-state index contributed by atoms with van der Waals surface area (Å²) in [6.45, 7) is -0.328. The minimum absolute atomic E-state index is 0.0784. The van der Waals surface area contributed by atoms with E-state index in [2.05, 4.69) is 27.3 Å². The Morgan fingerprint density at radius 2 is 1.90 bits per heavy atom. The SMILES string of the molecule is N#C/C(=C/c1ccc(OCC(=O)Nc2ccccc2F)c(Cl)c1)c1ccc(Br)cc1. The number of carbonyl (C=O) groups excluding carboxylic acids is 1. The first-order valence-electron chi connectivity index (χ1n) is 8.81. The van der Waals surface area contributed by atoms with Crippen molar-refractivity contribution in [2.75, 3.05) is 11.9 Å². The van der Waals surface area contributed by atoms with Gasteiger partial charge in [-0.3, -0.25) is 4.79 Å². The van der Waals surface area contributed by atoms with Gasteiger partial charge in [0.15, 0.2) is 6.61 Å². The Bertz CT molecular complexity index is 1140. The number of hydrogen-bond acceptors (Lipinski definition) is 3. The second kappa shape index (κ2) is 10.1. The molecule has 0 heterocycles. The van der Waals surface area contributed by atoms with Crippen LogP contribution in [0.4, 0.5) is 10.1 Å². The Morgan fingerprint density at radius 1 is 1.17 bits per heavy atom. The van der Waals surface area contributed by atoms with Crippen LogP contribution in [-0.2, 0) is 4.79 Å². The predicted octanol–water partition coefficient (Wildman–Crippen LogP) is 6.32. The quantitative estimate of drug-likeness (QED) is 0.328. The van der Waals surface area contributed by atoms with Crippen molar-refractivity contribution in [1.29, 1.82) is 5.26 Å². The lowest BCUT2D eigenvalue weighted by Crippen LogP contribution is -2.20. The molecular formula is C23H15BrClFN2O2. The van der Waals surface area contributed by atoms with Crippen LogP contribution in [0.15, 0.2) is 71.2 Å². The average Bonchev–Trinajstić information content (AvgIpc) is 2.74. The first kappa shape index (κ1) is 21.6. The molecule has 0 saturated heterocycles. The molecule has 0 unspecified atom stereocenters. The zero-order chi connectivity index (χ0) is 21.5. The molecule has 0 bridgehead atoms. The highest BCUT2D eigenvalue weighted by molar-refractivity contribution is 9.10. The number of amides is 1. The highest BCUT2D eigenvalue weighted by Gasteiger charge is 2.10. The Kier molecular flexibility index (Phi) is 7.23. The Morgan fingerprint density at radius 3 is 2.57 bits per heavy atom. The standard InChI is InChI=1S/C23H15BrClFN2O2/c24-18-8-6-16(7-9-18)17(13-27)11-15-5-10-22(19(25)12-15)30-14-23(29)28-21-4-2-1-3-20(21)26/h1-12H,14H2,(H,28,29)/b17-11-. The average molecular weight is 486 g/mol. The lowest BCUT2D eigenvalue weighted by molar-refractivity contribution is -0.118. The van der Waals surface area contributed by atoms with Crippen LogP contribution in [0.5, 0.6) is 5.75 Å². The van der Waals surface area contributed by atoms with Gasteiger partial charge in [0.2, 0.25) is 0 Å². The molecule has 7 heteroatoms. The van der Waals surface area contributed by atoms with Crippen molar-refractivity contribution in [3.8, 4) is 11.8 Å². The van der Waals surface area contributed by atoms with Crippen molar-refractivity contribution in [2.45, 2.75) is 0 Å². The number of rotatable bonds is 6. The minimum Gasteiger partial charge on any atom is -0.482 e. The third-order valence-electron chi connectivity index (χ3n) is 4.05. The topological polar surface area (TPSA) is 62.1 Å². The van der Waals surface area contributed by atoms with Gasteiger partial charge < -0.3 is 10.1 Å². The summed E-state index contributed by atoms with van der Waals surface area (Å²) in [6, 6.07) is 20.4. The normalized spacial score (nSPS) is 10.9. The molecule has 150 valence electrons. The van der Waals surface area contributed by atoms with Gasteiger partial charge in [-0.1, -0.05) is 57.9 Å². The number of allylic oxidation sites excluding steroid dienone is 1. The highest BCUT2D eigenvalue weighted by Crippen LogP contribution is 2.28. The number of nitriles is 1. The molecule has 0 spiro atoms. The van der Waals surface area contributed by atoms with Gasteiger partial charge in [0.25, 0.3) is 5.91 Å². The molecule has 30 heavy (non-hydrogen) atoms. The summed E-state index contributed by atoms with van der Waals surface area (Å²) in [7, 11) is 0. The van der Waals surface area contributed by atoms with E-state index in [1.807, 2.05) is 24.3 Å². The molecule has 0 aliphatic heterocycles. The first-order chi connectivity index (χ1) is 14.5. The summed E-state index contributed by atoms with van der Waals surface area (Å²) >= 11 is 9.62. The number of carbonyl (C=O) groups is 1. The maximum Gasteiger partial charge on any atom is 0.262 e. The van der Waals surface area contributed by atoms with Crippen LogP contribution in [0.2, 0.25) is 5.02 Å². The smallest absolute Gasteiger partial charge is 0.262 e. The van der Waals surface area contributed by atoms with Gasteiger partial charge in [-0.15, -0.1) is 0 Å². The molecule has 1 N–H and O–H groups in total. The van der Waals surface area contributed by atoms with E-state index in [-0.39, 0.29) is 17.3 Å². The van der Waals surface area contributed by atoms with E-state index in [1.165, 1.54) is 18.2 Å². The van der Waals surface area contributed by atoms with Crippen molar-refractivity contribution in [2.24, 2.45) is 0 Å². The second-order valence-electron chi connectivity index (χ2n) is 6.18. The van der Waals surface area contributed by atoms with Crippen LogP contribution >= 0.6 is 27.5 Å². The molecule has 4 nitrogen and oxygen atoms in total. The summed E-state index contributed by atoms with van der Waals surface area (Å²) in [5.74, 6) is -0.735. The fourth-order valence-electron chi connectivity index (χ4n) is 2.59. The lowest BCUT2D eigenvalue weighted by Gasteiger charge is -2.10. The number of nitrogens with zero attached hydrogens (tertiary/aromatic N) is 1. The van der Waals surface area contributed by atoms with Gasteiger partial charge in [-0.25, -0.2) is 4.39 Å². The van der Waals surface area contributed by atoms with E-state index < -0.39 is 11.7 Å². The molecule has 0 radical (unpaired) electrons. The van der Waals surface area contributed by atoms with Crippen molar-refractivity contribution in [3.63, 3.8) is 0 Å². The summed E-state index contributed by atoms with van der Waals surface area (Å²) in [5.41, 5.74) is 2.05. The van der Waals surface area contributed by atoms with Crippen LogP contribution in [0.1, 0.15) is 11.1 Å². The summed E-state index contributed by atoms with van der Waals surface area (Å²) < 4.78 is 20.0. The molecule has 0 aliphatic rings. The van der Waals surface area contributed by atoms with Gasteiger partial charge in [0.05, 0.1) is 22.4 Å². The number of benzene rings is 3. The van der Waals surface area contributed by atoms with Crippen LogP contribution < -0.4 is 10.1 Å². The van der Waals surface area contributed by atoms with E-state index in [0.717, 1.165) is 10.0 Å². The molecule has 1 amide bonds. The first-order valence-corrected chi connectivity index (χ1v) is 9.98. The molecule has 0 aliphatic carbocycles. The van der Waals surface area contributed by atoms with Crippen molar-refractivity contribution in [1.82, 2.24) is 0 Å². The Labute approximate surface area is 186 Å². The molecule has 0 saturated carbocycles. The zero-order valence-electron chi connectivity index (χ0n) is 15.5. The number of para-hydroxylation sites is 1. The Balaban J connectivity index is 1.67. The molecule has 3 aromatic rings. The predicted molar refractivity (Wildman–Crippen MR) is 120 cm³/mol. The lowest BCUT2D eigenvalue weighted by atomic mass is 10.0. The van der Waals surface area contributed by atoms with Gasteiger partial charge in [-0.05, 0) is 53.6 Å². The monoisotopic (exact) mass is 484 g/mol. The number of anilines is 1. The van der Waals surface area contributed by atoms with Crippen molar-refractivity contribution in [3.05, 3.63) is 93.2 Å². The van der Waals surface area contributed by atoms with Crippen molar-refractivity contribution < 1.29 is 13.9 Å². The van der Waals surface area contributed by atoms with Gasteiger partial charge >= 0.3 is 0 Å². The van der Waals surface area contributed by atoms with E-state index in [4.69, 9.17) is 16.3 Å². The highest BCUT2D eigenvalue weighted by atomic mass is 79.9. The Hall–Kier alpha value is -3.14. The fourth-order valence-corrected chi connectivity index (χ4v) is 3.10. The zero-order valence-corrected chi connectivity index (χ0v) is 17.9. The number of halogens is 3. The van der Waals surface area contributed by atoms with Crippen LogP contribution in [-0.4, -0.2) is 12.5 Å². The fraction of sp³-hybridized carbons (Fsp3) is 0.0435. The minimum atomic E-state index is -0.529. The molecule has 0 fully saturated rings. The maximum absolute atomic E-state index is 13.6. The van der Waals surface area contributed by atoms with Gasteiger partial charge in [0, 0.05) is 4.47 Å². The number of nitrogens with one attached hydrogen (secondary N) is 1. The van der Waals surface area contributed by atoms with Gasteiger partial charge in [0.1, 0.15) is 11.6 Å². The number of hydrogen-bond donors (Lipinski definition) is 1. The molecular weight excluding hydrogens is 471 g/mol. The van der Waals surface area contributed by atoms with Gasteiger partial charge in [-0.2, -0.15) is 5.26 Å². The summed E-state index contributed by atoms with van der Waals surface area (Å²) in [4.78, 5) is 12.0. The van der Waals surface area contributed by atoms with Crippen LogP contribution in [0, 0.1) is 17.1 Å².